The zero-order chi connectivity index (χ0) is 19.8. The van der Waals surface area contributed by atoms with Crippen molar-refractivity contribution in [2.24, 2.45) is 7.05 Å². The first-order valence-corrected chi connectivity index (χ1v) is 14.0. The minimum atomic E-state index is 0.571. The zero-order valence-electron chi connectivity index (χ0n) is 16.0. The van der Waals surface area contributed by atoms with Crippen LogP contribution in [0.2, 0.25) is 0 Å². The van der Waals surface area contributed by atoms with Crippen LogP contribution in [0.25, 0.3) is 22.4 Å². The number of hydrogen-bond acceptors (Lipinski definition) is 5. The van der Waals surface area contributed by atoms with Gasteiger partial charge >= 0.3 is 0 Å². The summed E-state index contributed by atoms with van der Waals surface area (Å²) < 4.78 is 4.19. The van der Waals surface area contributed by atoms with Crippen LogP contribution in [-0.2, 0) is 7.05 Å². The predicted octanol–water partition coefficient (Wildman–Crippen LogP) is 5.71. The van der Waals surface area contributed by atoms with Gasteiger partial charge in [0.05, 0.1) is 36.0 Å². The molecule has 0 aliphatic heterocycles. The van der Waals surface area contributed by atoms with Gasteiger partial charge in [0.2, 0.25) is 0 Å². The standard InChI is InChI=1S/C19H20IN6PS/c1-11-7-15(18-19(22-11)26(27-20)12(2)23-18)24-14-6-5-13(8-17(14)28-4)16-9-21-10-25(16)3/h5-10,27H,1-4H3,(H,22,24). The monoisotopic (exact) mass is 522 g/mol. The smallest absolute Gasteiger partial charge is 0.166 e. The lowest BCUT2D eigenvalue weighted by Crippen LogP contribution is -1.97. The summed E-state index contributed by atoms with van der Waals surface area (Å²) in [6, 6.07) is 8.51. The highest BCUT2D eigenvalue weighted by Gasteiger charge is 2.15. The Morgan fingerprint density at radius 1 is 1.14 bits per heavy atom. The molecule has 1 unspecified atom stereocenters. The van der Waals surface area contributed by atoms with Gasteiger partial charge in [-0.25, -0.2) is 15.0 Å². The summed E-state index contributed by atoms with van der Waals surface area (Å²) in [4.78, 5) is 14.9. The molecule has 3 aromatic heterocycles. The Kier molecular flexibility index (Phi) is 5.62. The molecule has 6 nitrogen and oxygen atoms in total. The Morgan fingerprint density at radius 3 is 2.64 bits per heavy atom. The van der Waals surface area contributed by atoms with E-state index in [1.807, 2.05) is 38.0 Å². The Labute approximate surface area is 182 Å². The molecule has 0 amide bonds. The average Bonchev–Trinajstić information content (AvgIpc) is 3.24. The number of halogens is 1. The van der Waals surface area contributed by atoms with Crippen molar-refractivity contribution in [2.45, 2.75) is 18.7 Å². The number of imidazole rings is 2. The lowest BCUT2D eigenvalue weighted by atomic mass is 10.1. The molecule has 0 saturated heterocycles. The molecule has 1 aromatic carbocycles. The highest BCUT2D eigenvalue weighted by Crippen LogP contribution is 2.37. The molecule has 0 spiro atoms. The third-order valence-electron chi connectivity index (χ3n) is 4.58. The summed E-state index contributed by atoms with van der Waals surface area (Å²) in [6.07, 6.45) is 6.38. The molecule has 0 aliphatic carbocycles. The van der Waals surface area contributed by atoms with E-state index >= 15 is 0 Å². The van der Waals surface area contributed by atoms with Gasteiger partial charge in [-0.2, -0.15) is 0 Å². The maximum Gasteiger partial charge on any atom is 0.166 e. The van der Waals surface area contributed by atoms with Gasteiger partial charge in [-0.3, -0.25) is 4.34 Å². The van der Waals surface area contributed by atoms with E-state index in [4.69, 9.17) is 9.97 Å². The minimum absolute atomic E-state index is 0.571. The number of nitrogens with zero attached hydrogens (tertiary/aromatic N) is 5. The molecule has 0 saturated carbocycles. The van der Waals surface area contributed by atoms with E-state index < -0.39 is 0 Å². The molecule has 28 heavy (non-hydrogen) atoms. The van der Waals surface area contributed by atoms with Gasteiger partial charge in [-0.05, 0) is 60.3 Å². The number of hydrogen-bond donors (Lipinski definition) is 1. The van der Waals surface area contributed by atoms with Crippen molar-refractivity contribution in [3.63, 3.8) is 0 Å². The quantitative estimate of drug-likeness (QED) is 0.207. The van der Waals surface area contributed by atoms with Gasteiger partial charge in [0.15, 0.2) is 5.65 Å². The molecule has 9 heteroatoms. The van der Waals surface area contributed by atoms with E-state index in [0.29, 0.717) is 6.37 Å². The molecule has 0 bridgehead atoms. The van der Waals surface area contributed by atoms with Crippen molar-refractivity contribution in [2.75, 3.05) is 11.6 Å². The summed E-state index contributed by atoms with van der Waals surface area (Å²) in [5.74, 6) is 0.987. The van der Waals surface area contributed by atoms with Gasteiger partial charge in [0.25, 0.3) is 0 Å². The third-order valence-corrected chi connectivity index (χ3v) is 7.51. The first-order valence-electron chi connectivity index (χ1n) is 8.67. The van der Waals surface area contributed by atoms with Crippen LogP contribution in [0.1, 0.15) is 11.5 Å². The van der Waals surface area contributed by atoms with Gasteiger partial charge in [-0.1, -0.05) is 6.07 Å². The number of aromatic nitrogens is 5. The van der Waals surface area contributed by atoms with Crippen LogP contribution >= 0.6 is 40.2 Å². The van der Waals surface area contributed by atoms with Crippen molar-refractivity contribution >= 4 is 62.7 Å². The first-order chi connectivity index (χ1) is 13.5. The highest BCUT2D eigenvalue weighted by molar-refractivity contribution is 14.2. The number of anilines is 2. The lowest BCUT2D eigenvalue weighted by Gasteiger charge is -2.14. The second kappa shape index (κ2) is 8.00. The lowest BCUT2D eigenvalue weighted by molar-refractivity contribution is 0.921. The highest BCUT2D eigenvalue weighted by atomic mass is 127. The maximum absolute atomic E-state index is 4.77. The van der Waals surface area contributed by atoms with Crippen LogP contribution in [-0.4, -0.2) is 30.1 Å². The van der Waals surface area contributed by atoms with Crippen molar-refractivity contribution in [3.05, 3.63) is 48.3 Å². The summed E-state index contributed by atoms with van der Waals surface area (Å²) in [6.45, 7) is 4.05. The van der Waals surface area contributed by atoms with Gasteiger partial charge in [-0.15, -0.1) is 11.8 Å². The van der Waals surface area contributed by atoms with E-state index in [0.717, 1.165) is 45.3 Å². The van der Waals surface area contributed by atoms with Gasteiger partial charge in [0, 0.05) is 23.2 Å². The normalized spacial score (nSPS) is 11.8. The van der Waals surface area contributed by atoms with E-state index in [-0.39, 0.29) is 0 Å². The van der Waals surface area contributed by atoms with Gasteiger partial charge < -0.3 is 9.88 Å². The second-order valence-corrected chi connectivity index (χ2v) is 9.40. The number of pyridine rings is 1. The number of fused-ring (bicyclic) bond motifs is 1. The van der Waals surface area contributed by atoms with Crippen LogP contribution < -0.4 is 5.32 Å². The molecule has 4 aromatic rings. The Morgan fingerprint density at radius 2 is 1.96 bits per heavy atom. The zero-order valence-corrected chi connectivity index (χ0v) is 20.0. The number of rotatable bonds is 5. The molecular formula is C19H20IN6PS. The van der Waals surface area contributed by atoms with Crippen molar-refractivity contribution in [3.8, 4) is 11.3 Å². The fraction of sp³-hybridized carbons (Fsp3) is 0.211. The summed E-state index contributed by atoms with van der Waals surface area (Å²) in [7, 11) is 2.01. The SMILES string of the molecule is CSc1cc(-c2cncn2C)ccc1Nc1cc(C)nc2c1nc(C)n2PI. The molecule has 1 atom stereocenters. The molecule has 3 heterocycles. The minimum Gasteiger partial charge on any atom is -0.353 e. The summed E-state index contributed by atoms with van der Waals surface area (Å²) in [5.41, 5.74) is 7.12. The molecule has 4 rings (SSSR count). The molecule has 1 N–H and O–H groups in total. The van der Waals surface area contributed by atoms with Crippen LogP contribution in [0, 0.1) is 13.8 Å². The molecular weight excluding hydrogens is 502 g/mol. The fourth-order valence-electron chi connectivity index (χ4n) is 3.21. The largest absolute Gasteiger partial charge is 0.353 e. The average molecular weight is 522 g/mol. The Hall–Kier alpha value is -1.64. The molecule has 0 radical (unpaired) electrons. The fourth-order valence-corrected chi connectivity index (χ4v) is 5.94. The second-order valence-electron chi connectivity index (χ2n) is 6.49. The number of nitrogens with one attached hydrogen (secondary N) is 1. The molecule has 144 valence electrons. The predicted molar refractivity (Wildman–Crippen MR) is 128 cm³/mol. The summed E-state index contributed by atoms with van der Waals surface area (Å²) in [5, 5.41) is 3.60. The first kappa shape index (κ1) is 19.7. The van der Waals surface area contributed by atoms with Crippen LogP contribution in [0.3, 0.4) is 0 Å². The van der Waals surface area contributed by atoms with Crippen molar-refractivity contribution in [1.29, 1.82) is 0 Å². The number of aryl methyl sites for hydroxylation is 3. The number of thioether (sulfide) groups is 1. The van der Waals surface area contributed by atoms with Crippen LogP contribution in [0.5, 0.6) is 0 Å². The topological polar surface area (TPSA) is 60.6 Å². The summed E-state index contributed by atoms with van der Waals surface area (Å²) >= 11 is 4.09. The van der Waals surface area contributed by atoms with E-state index in [2.05, 4.69) is 67.2 Å². The van der Waals surface area contributed by atoms with Crippen molar-refractivity contribution < 1.29 is 0 Å². The van der Waals surface area contributed by atoms with Gasteiger partial charge in [0.1, 0.15) is 11.3 Å². The van der Waals surface area contributed by atoms with Crippen LogP contribution in [0.15, 0.2) is 41.7 Å². The third kappa shape index (κ3) is 3.53. The maximum atomic E-state index is 4.77. The Bertz CT molecular complexity index is 1170. The Balaban J connectivity index is 1.78. The van der Waals surface area contributed by atoms with E-state index in [9.17, 15) is 0 Å². The van der Waals surface area contributed by atoms with Crippen molar-refractivity contribution in [1.82, 2.24) is 23.9 Å². The molecule has 0 aliphatic rings. The van der Waals surface area contributed by atoms with E-state index in [1.165, 1.54) is 4.90 Å². The number of benzene rings is 1. The van der Waals surface area contributed by atoms with E-state index in [1.54, 1.807) is 11.8 Å². The molecule has 0 fully saturated rings. The van der Waals surface area contributed by atoms with Crippen LogP contribution in [0.4, 0.5) is 11.4 Å².